The Hall–Kier alpha value is -3.01. The van der Waals surface area contributed by atoms with E-state index in [9.17, 15) is 9.90 Å². The molecule has 2 heterocycles. The van der Waals surface area contributed by atoms with Crippen LogP contribution in [0.15, 0.2) is 48.1 Å². The molecule has 0 unspecified atom stereocenters. The monoisotopic (exact) mass is 390 g/mol. The maximum Gasteiger partial charge on any atom is 0.174 e. The summed E-state index contributed by atoms with van der Waals surface area (Å²) in [5, 5.41) is 10.9. The molecule has 2 aliphatic heterocycles. The fourth-order valence-corrected chi connectivity index (χ4v) is 3.81. The van der Waals surface area contributed by atoms with Gasteiger partial charge in [0.25, 0.3) is 0 Å². The van der Waals surface area contributed by atoms with Gasteiger partial charge in [0, 0.05) is 5.56 Å². The molecule has 4 rings (SSSR count). The van der Waals surface area contributed by atoms with Gasteiger partial charge in [-0.15, -0.1) is 0 Å². The predicted octanol–water partition coefficient (Wildman–Crippen LogP) is 5.79. The largest absolute Gasteiger partial charge is 0.506 e. The van der Waals surface area contributed by atoms with E-state index in [4.69, 9.17) is 9.47 Å². The molecule has 0 saturated carbocycles. The third kappa shape index (κ3) is 3.55. The minimum absolute atomic E-state index is 0.0563. The summed E-state index contributed by atoms with van der Waals surface area (Å²) in [6.07, 6.45) is 6.20. The number of phenols is 1. The number of benzene rings is 2. The van der Waals surface area contributed by atoms with Gasteiger partial charge in [-0.1, -0.05) is 42.0 Å². The fourth-order valence-electron chi connectivity index (χ4n) is 3.81. The van der Waals surface area contributed by atoms with E-state index in [2.05, 4.69) is 6.08 Å². The van der Waals surface area contributed by atoms with Gasteiger partial charge < -0.3 is 14.6 Å². The van der Waals surface area contributed by atoms with Crippen molar-refractivity contribution in [2.24, 2.45) is 0 Å². The van der Waals surface area contributed by atoms with Crippen molar-refractivity contribution in [3.8, 4) is 17.2 Å². The third-order valence-corrected chi connectivity index (χ3v) is 5.32. The number of Topliss-reactive ketones (excluding diaryl/α,β-unsaturated/α-hetero) is 1. The standard InChI is InChI=1S/C25H26O4/c1-15(2)10-11-18-23-17(12-13-25(3,4)29-23)22(27)21-19(26)14-20(28-24(18)21)16-8-6-5-7-9-16/h5-10,12-13,20,27H,11,14H2,1-4H3/t20-/m0/s1. The highest BCUT2D eigenvalue weighted by molar-refractivity contribution is 6.05. The van der Waals surface area contributed by atoms with Crippen LogP contribution < -0.4 is 9.47 Å². The Bertz CT molecular complexity index is 1020. The minimum atomic E-state index is -0.509. The van der Waals surface area contributed by atoms with Crippen molar-refractivity contribution in [3.63, 3.8) is 0 Å². The normalized spacial score (nSPS) is 18.9. The summed E-state index contributed by atoms with van der Waals surface area (Å²) in [4.78, 5) is 13.1. The Morgan fingerprint density at radius 3 is 2.62 bits per heavy atom. The zero-order valence-corrected chi connectivity index (χ0v) is 17.3. The molecule has 1 N–H and O–H groups in total. The summed E-state index contributed by atoms with van der Waals surface area (Å²) in [5.74, 6) is 0.860. The molecule has 0 amide bonds. The molecule has 150 valence electrons. The first-order chi connectivity index (χ1) is 13.8. The molecule has 29 heavy (non-hydrogen) atoms. The lowest BCUT2D eigenvalue weighted by atomic mass is 9.88. The predicted molar refractivity (Wildman–Crippen MR) is 114 cm³/mol. The quantitative estimate of drug-likeness (QED) is 0.674. The van der Waals surface area contributed by atoms with Crippen LogP contribution >= 0.6 is 0 Å². The molecule has 2 aliphatic rings. The van der Waals surface area contributed by atoms with E-state index in [-0.39, 0.29) is 29.6 Å². The van der Waals surface area contributed by atoms with Crippen molar-refractivity contribution in [1.29, 1.82) is 0 Å². The maximum atomic E-state index is 13.1. The van der Waals surface area contributed by atoms with Gasteiger partial charge in [-0.3, -0.25) is 4.79 Å². The average molecular weight is 390 g/mol. The molecular formula is C25H26O4. The number of carbonyl (C=O) groups is 1. The van der Waals surface area contributed by atoms with Gasteiger partial charge in [0.05, 0.1) is 12.0 Å². The van der Waals surface area contributed by atoms with Crippen molar-refractivity contribution >= 4 is 11.9 Å². The molecule has 0 spiro atoms. The number of aromatic hydroxyl groups is 1. The number of carbonyl (C=O) groups excluding carboxylic acids is 1. The van der Waals surface area contributed by atoms with Crippen LogP contribution in [0.4, 0.5) is 0 Å². The van der Waals surface area contributed by atoms with Crippen LogP contribution in [0.2, 0.25) is 0 Å². The average Bonchev–Trinajstić information content (AvgIpc) is 2.67. The maximum absolute atomic E-state index is 13.1. The molecule has 0 saturated heterocycles. The Labute approximate surface area is 171 Å². The van der Waals surface area contributed by atoms with Gasteiger partial charge in [-0.2, -0.15) is 0 Å². The number of phenolic OH excluding ortho intramolecular Hbond substituents is 1. The minimum Gasteiger partial charge on any atom is -0.506 e. The van der Waals surface area contributed by atoms with Gasteiger partial charge in [0.1, 0.15) is 34.5 Å². The second-order valence-electron chi connectivity index (χ2n) is 8.44. The van der Waals surface area contributed by atoms with Gasteiger partial charge in [-0.05, 0) is 51.8 Å². The lowest BCUT2D eigenvalue weighted by Crippen LogP contribution is -2.29. The third-order valence-electron chi connectivity index (χ3n) is 5.32. The van der Waals surface area contributed by atoms with Crippen molar-refractivity contribution in [3.05, 3.63) is 70.3 Å². The molecule has 2 aromatic carbocycles. The van der Waals surface area contributed by atoms with E-state index in [0.29, 0.717) is 23.5 Å². The molecule has 0 fully saturated rings. The Morgan fingerprint density at radius 1 is 1.21 bits per heavy atom. The lowest BCUT2D eigenvalue weighted by molar-refractivity contribution is 0.0839. The zero-order valence-electron chi connectivity index (χ0n) is 17.3. The summed E-state index contributed by atoms with van der Waals surface area (Å²) in [6.45, 7) is 7.99. The van der Waals surface area contributed by atoms with E-state index in [1.165, 1.54) is 0 Å². The number of ether oxygens (including phenoxy) is 2. The Kier molecular flexibility index (Phi) is 4.73. The summed E-state index contributed by atoms with van der Waals surface area (Å²) in [5.41, 5.74) is 3.22. The van der Waals surface area contributed by atoms with Crippen LogP contribution in [0.1, 0.15) is 67.3 Å². The smallest absolute Gasteiger partial charge is 0.174 e. The molecule has 0 radical (unpaired) electrons. The van der Waals surface area contributed by atoms with Gasteiger partial charge >= 0.3 is 0 Å². The summed E-state index contributed by atoms with van der Waals surface area (Å²) < 4.78 is 12.6. The van der Waals surface area contributed by atoms with E-state index < -0.39 is 5.60 Å². The molecule has 2 aromatic rings. The lowest BCUT2D eigenvalue weighted by Gasteiger charge is -2.34. The van der Waals surface area contributed by atoms with E-state index >= 15 is 0 Å². The first-order valence-electron chi connectivity index (χ1n) is 9.95. The highest BCUT2D eigenvalue weighted by Crippen LogP contribution is 2.51. The molecular weight excluding hydrogens is 364 g/mol. The van der Waals surface area contributed by atoms with Crippen molar-refractivity contribution in [2.75, 3.05) is 0 Å². The summed E-state index contributed by atoms with van der Waals surface area (Å²) >= 11 is 0. The molecule has 4 nitrogen and oxygen atoms in total. The first kappa shape index (κ1) is 19.3. The summed E-state index contributed by atoms with van der Waals surface area (Å²) in [7, 11) is 0. The molecule has 1 atom stereocenters. The summed E-state index contributed by atoms with van der Waals surface area (Å²) in [6, 6.07) is 9.72. The number of hydrogen-bond donors (Lipinski definition) is 1. The van der Waals surface area contributed by atoms with Crippen LogP contribution in [0.25, 0.3) is 6.08 Å². The van der Waals surface area contributed by atoms with Gasteiger partial charge in [-0.25, -0.2) is 0 Å². The number of ketones is 1. The molecule has 4 heteroatoms. The fraction of sp³-hybridized carbons (Fsp3) is 0.320. The van der Waals surface area contributed by atoms with Crippen molar-refractivity contribution in [2.45, 2.75) is 52.2 Å². The Balaban J connectivity index is 1.91. The molecule has 0 aliphatic carbocycles. The highest BCUT2D eigenvalue weighted by atomic mass is 16.5. The van der Waals surface area contributed by atoms with E-state index in [1.807, 2.05) is 70.2 Å². The van der Waals surface area contributed by atoms with Crippen LogP contribution in [0.3, 0.4) is 0 Å². The van der Waals surface area contributed by atoms with Crippen LogP contribution in [-0.2, 0) is 6.42 Å². The van der Waals surface area contributed by atoms with E-state index in [0.717, 1.165) is 16.7 Å². The highest BCUT2D eigenvalue weighted by Gasteiger charge is 2.37. The molecule has 0 bridgehead atoms. The topological polar surface area (TPSA) is 55.8 Å². The first-order valence-corrected chi connectivity index (χ1v) is 9.95. The van der Waals surface area contributed by atoms with Crippen molar-refractivity contribution < 1.29 is 19.4 Å². The second-order valence-corrected chi connectivity index (χ2v) is 8.44. The van der Waals surface area contributed by atoms with Crippen molar-refractivity contribution in [1.82, 2.24) is 0 Å². The number of allylic oxidation sites excluding steroid dienone is 2. The van der Waals surface area contributed by atoms with Gasteiger partial charge in [0.15, 0.2) is 5.78 Å². The number of hydrogen-bond acceptors (Lipinski definition) is 4. The van der Waals surface area contributed by atoms with Crippen LogP contribution in [-0.4, -0.2) is 16.5 Å². The van der Waals surface area contributed by atoms with Crippen LogP contribution in [0.5, 0.6) is 17.2 Å². The van der Waals surface area contributed by atoms with Gasteiger partial charge in [0.2, 0.25) is 0 Å². The number of rotatable bonds is 3. The molecule has 0 aromatic heterocycles. The number of fused-ring (bicyclic) bond motifs is 2. The SMILES string of the molecule is CC(C)=CCc1c2c(c(O)c3c1O[C@H](c1ccccc1)CC3=O)C=CC(C)(C)O2. The van der Waals surface area contributed by atoms with E-state index in [1.54, 1.807) is 0 Å². The zero-order chi connectivity index (χ0) is 20.8. The van der Waals surface area contributed by atoms with Crippen LogP contribution in [0, 0.1) is 0 Å². The Morgan fingerprint density at radius 2 is 1.93 bits per heavy atom. The second kappa shape index (κ2) is 7.11.